The van der Waals surface area contributed by atoms with E-state index in [0.717, 1.165) is 5.56 Å². The van der Waals surface area contributed by atoms with Gasteiger partial charge in [0.05, 0.1) is 10.6 Å². The Morgan fingerprint density at radius 2 is 1.96 bits per heavy atom. The number of esters is 1. The van der Waals surface area contributed by atoms with Crippen molar-refractivity contribution in [3.63, 3.8) is 0 Å². The molecule has 0 heterocycles. The molecule has 0 saturated heterocycles. The van der Waals surface area contributed by atoms with E-state index in [4.69, 9.17) is 21.6 Å². The predicted molar refractivity (Wildman–Crippen MR) is 95.1 cm³/mol. The second-order valence-electron chi connectivity index (χ2n) is 5.55. The van der Waals surface area contributed by atoms with Crippen LogP contribution in [-0.2, 0) is 20.7 Å². The number of nitrogens with one attached hydrogen (secondary N) is 1. The van der Waals surface area contributed by atoms with E-state index in [1.807, 2.05) is 6.07 Å². The first-order valence-electron chi connectivity index (χ1n) is 7.83. The SMILES string of the molecule is C[C@H](OC(=O)CCc1ccc(F)cc1)C(=O)Nc1ccc(C#N)c(Cl)c1. The van der Waals surface area contributed by atoms with Crippen molar-refractivity contribution in [3.05, 3.63) is 64.4 Å². The van der Waals surface area contributed by atoms with Crippen LogP contribution >= 0.6 is 11.6 Å². The van der Waals surface area contributed by atoms with Gasteiger partial charge in [-0.05, 0) is 49.2 Å². The van der Waals surface area contributed by atoms with Gasteiger partial charge in [0.25, 0.3) is 5.91 Å². The van der Waals surface area contributed by atoms with Crippen LogP contribution in [0.5, 0.6) is 0 Å². The first-order chi connectivity index (χ1) is 12.4. The molecule has 0 aliphatic carbocycles. The fourth-order valence-electron chi connectivity index (χ4n) is 2.13. The lowest BCUT2D eigenvalue weighted by atomic mass is 10.1. The molecule has 0 fully saturated rings. The molecule has 0 spiro atoms. The van der Waals surface area contributed by atoms with E-state index in [1.165, 1.54) is 37.3 Å². The van der Waals surface area contributed by atoms with Crippen molar-refractivity contribution in [1.82, 2.24) is 0 Å². The van der Waals surface area contributed by atoms with E-state index in [2.05, 4.69) is 5.32 Å². The molecule has 0 unspecified atom stereocenters. The quantitative estimate of drug-likeness (QED) is 0.779. The number of ether oxygens (including phenoxy) is 1. The van der Waals surface area contributed by atoms with Crippen LogP contribution in [0.4, 0.5) is 10.1 Å². The van der Waals surface area contributed by atoms with Crippen molar-refractivity contribution in [2.75, 3.05) is 5.32 Å². The third-order valence-electron chi connectivity index (χ3n) is 3.57. The van der Waals surface area contributed by atoms with E-state index < -0.39 is 18.0 Å². The highest BCUT2D eigenvalue weighted by atomic mass is 35.5. The molecule has 5 nitrogen and oxygen atoms in total. The summed E-state index contributed by atoms with van der Waals surface area (Å²) in [6.45, 7) is 1.45. The van der Waals surface area contributed by atoms with Gasteiger partial charge in [0.1, 0.15) is 11.9 Å². The number of rotatable bonds is 6. The molecular formula is C19H16ClFN2O3. The average molecular weight is 375 g/mol. The number of anilines is 1. The minimum Gasteiger partial charge on any atom is -0.453 e. The lowest BCUT2D eigenvalue weighted by Gasteiger charge is -2.14. The summed E-state index contributed by atoms with van der Waals surface area (Å²) >= 11 is 5.90. The van der Waals surface area contributed by atoms with Crippen LogP contribution in [0.2, 0.25) is 5.02 Å². The number of nitriles is 1. The Kier molecular flexibility index (Phi) is 6.70. The zero-order valence-electron chi connectivity index (χ0n) is 14.0. The second kappa shape index (κ2) is 8.97. The van der Waals surface area contributed by atoms with Crippen LogP contribution in [0, 0.1) is 17.1 Å². The van der Waals surface area contributed by atoms with Crippen molar-refractivity contribution in [1.29, 1.82) is 5.26 Å². The molecule has 2 rings (SSSR count). The zero-order chi connectivity index (χ0) is 19.1. The van der Waals surface area contributed by atoms with Crippen LogP contribution < -0.4 is 5.32 Å². The standard InChI is InChI=1S/C19H16ClFN2O3/c1-12(19(25)23-16-8-5-14(11-22)17(20)10-16)26-18(24)9-4-13-2-6-15(21)7-3-13/h2-3,5-8,10,12H,4,9H2,1H3,(H,23,25)/t12-/m0/s1. The number of benzene rings is 2. The normalized spacial score (nSPS) is 11.3. The topological polar surface area (TPSA) is 79.2 Å². The minimum atomic E-state index is -0.995. The van der Waals surface area contributed by atoms with Crippen LogP contribution in [-0.4, -0.2) is 18.0 Å². The van der Waals surface area contributed by atoms with Crippen molar-refractivity contribution in [2.24, 2.45) is 0 Å². The fraction of sp³-hybridized carbons (Fsp3) is 0.211. The molecule has 134 valence electrons. The Labute approximate surface area is 155 Å². The van der Waals surface area contributed by atoms with E-state index in [1.54, 1.807) is 12.1 Å². The van der Waals surface area contributed by atoms with Crippen molar-refractivity contribution < 1.29 is 18.7 Å². The predicted octanol–water partition coefficient (Wildman–Crippen LogP) is 3.85. The van der Waals surface area contributed by atoms with Gasteiger partial charge in [0.15, 0.2) is 6.10 Å². The Hall–Kier alpha value is -2.91. The van der Waals surface area contributed by atoms with E-state index in [0.29, 0.717) is 17.7 Å². The fourth-order valence-corrected chi connectivity index (χ4v) is 2.36. The highest BCUT2D eigenvalue weighted by Crippen LogP contribution is 2.20. The lowest BCUT2D eigenvalue weighted by molar-refractivity contribution is -0.153. The molecule has 2 aromatic carbocycles. The number of hydrogen-bond acceptors (Lipinski definition) is 4. The minimum absolute atomic E-state index is 0.0753. The number of nitrogens with zero attached hydrogens (tertiary/aromatic N) is 1. The van der Waals surface area contributed by atoms with Gasteiger partial charge >= 0.3 is 5.97 Å². The van der Waals surface area contributed by atoms with Crippen LogP contribution in [0.15, 0.2) is 42.5 Å². The average Bonchev–Trinajstić information content (AvgIpc) is 2.61. The molecule has 1 amide bonds. The van der Waals surface area contributed by atoms with Gasteiger partial charge in [-0.15, -0.1) is 0 Å². The molecule has 0 aromatic heterocycles. The summed E-state index contributed by atoms with van der Waals surface area (Å²) in [5, 5.41) is 11.6. The molecule has 1 atom stereocenters. The lowest BCUT2D eigenvalue weighted by Crippen LogP contribution is -2.30. The third-order valence-corrected chi connectivity index (χ3v) is 3.88. The highest BCUT2D eigenvalue weighted by Gasteiger charge is 2.18. The van der Waals surface area contributed by atoms with Gasteiger partial charge in [-0.1, -0.05) is 23.7 Å². The molecule has 1 N–H and O–H groups in total. The number of hydrogen-bond donors (Lipinski definition) is 1. The monoisotopic (exact) mass is 374 g/mol. The maximum Gasteiger partial charge on any atom is 0.306 e. The number of carbonyl (C=O) groups is 2. The van der Waals surface area contributed by atoms with Gasteiger partial charge in [0, 0.05) is 12.1 Å². The van der Waals surface area contributed by atoms with Crippen molar-refractivity contribution in [3.8, 4) is 6.07 Å². The van der Waals surface area contributed by atoms with Crippen LogP contribution in [0.25, 0.3) is 0 Å². The first-order valence-corrected chi connectivity index (χ1v) is 8.21. The Morgan fingerprint density at radius 3 is 2.58 bits per heavy atom. The van der Waals surface area contributed by atoms with E-state index >= 15 is 0 Å². The van der Waals surface area contributed by atoms with Gasteiger partial charge in [-0.25, -0.2) is 4.39 Å². The molecule has 0 saturated carbocycles. The second-order valence-corrected chi connectivity index (χ2v) is 5.96. The van der Waals surface area contributed by atoms with Gasteiger partial charge in [-0.3, -0.25) is 9.59 Å². The number of halogens is 2. The maximum absolute atomic E-state index is 12.8. The summed E-state index contributed by atoms with van der Waals surface area (Å²) in [4.78, 5) is 23.9. The van der Waals surface area contributed by atoms with E-state index in [-0.39, 0.29) is 17.3 Å². The summed E-state index contributed by atoms with van der Waals surface area (Å²) in [7, 11) is 0. The Morgan fingerprint density at radius 1 is 1.27 bits per heavy atom. The molecule has 0 aliphatic heterocycles. The van der Waals surface area contributed by atoms with Crippen LogP contribution in [0.3, 0.4) is 0 Å². The summed E-state index contributed by atoms with van der Waals surface area (Å²) < 4.78 is 17.9. The van der Waals surface area contributed by atoms with Crippen LogP contribution in [0.1, 0.15) is 24.5 Å². The molecule has 7 heteroatoms. The van der Waals surface area contributed by atoms with Gasteiger partial charge < -0.3 is 10.1 Å². The third kappa shape index (κ3) is 5.57. The molecule has 26 heavy (non-hydrogen) atoms. The summed E-state index contributed by atoms with van der Waals surface area (Å²) in [5.74, 6) is -1.39. The summed E-state index contributed by atoms with van der Waals surface area (Å²) in [5.41, 5.74) is 1.49. The zero-order valence-corrected chi connectivity index (χ0v) is 14.7. The summed E-state index contributed by atoms with van der Waals surface area (Å²) in [6, 6.07) is 12.2. The molecule has 0 bridgehead atoms. The Bertz CT molecular complexity index is 847. The molecule has 0 aliphatic rings. The molecule has 2 aromatic rings. The molecule has 0 radical (unpaired) electrons. The van der Waals surface area contributed by atoms with E-state index in [9.17, 15) is 14.0 Å². The molecular weight excluding hydrogens is 359 g/mol. The number of amides is 1. The summed E-state index contributed by atoms with van der Waals surface area (Å²) in [6.07, 6.45) is -0.532. The van der Waals surface area contributed by atoms with Crippen molar-refractivity contribution in [2.45, 2.75) is 25.9 Å². The maximum atomic E-state index is 12.8. The highest BCUT2D eigenvalue weighted by molar-refractivity contribution is 6.32. The van der Waals surface area contributed by atoms with Gasteiger partial charge in [-0.2, -0.15) is 5.26 Å². The largest absolute Gasteiger partial charge is 0.453 e. The Balaban J connectivity index is 1.84. The van der Waals surface area contributed by atoms with Crippen molar-refractivity contribution >= 4 is 29.2 Å². The van der Waals surface area contributed by atoms with Gasteiger partial charge in [0.2, 0.25) is 0 Å². The number of aryl methyl sites for hydroxylation is 1. The number of carbonyl (C=O) groups excluding carboxylic acids is 2. The smallest absolute Gasteiger partial charge is 0.306 e. The first kappa shape index (κ1) is 19.4.